The summed E-state index contributed by atoms with van der Waals surface area (Å²) < 4.78 is 1.57. The Hall–Kier alpha value is -0.400. The zero-order valence-electron chi connectivity index (χ0n) is 8.65. The van der Waals surface area contributed by atoms with Gasteiger partial charge in [-0.05, 0) is 50.8 Å². The van der Waals surface area contributed by atoms with Gasteiger partial charge in [0.2, 0.25) is 0 Å². The van der Waals surface area contributed by atoms with Crippen molar-refractivity contribution < 1.29 is 14.7 Å². The summed E-state index contributed by atoms with van der Waals surface area (Å²) in [5, 5.41) is 9.04. The molecule has 1 atom stereocenters. The normalized spacial score (nSPS) is 19.6. The summed E-state index contributed by atoms with van der Waals surface area (Å²) in [5.74, 6) is -1.15. The molecule has 17 heavy (non-hydrogen) atoms. The minimum Gasteiger partial charge on any atom is -0.480 e. The number of carbonyl (C=O) groups is 2. The van der Waals surface area contributed by atoms with Gasteiger partial charge in [0, 0.05) is 6.54 Å². The average Bonchev–Trinajstić information content (AvgIpc) is 2.83. The van der Waals surface area contributed by atoms with Gasteiger partial charge in [0.25, 0.3) is 5.91 Å². The van der Waals surface area contributed by atoms with Crippen LogP contribution in [0.4, 0.5) is 0 Å². The number of carboxylic acids is 1. The summed E-state index contributed by atoms with van der Waals surface area (Å²) in [5.41, 5.74) is 0.523. The van der Waals surface area contributed by atoms with Crippen molar-refractivity contribution in [1.82, 2.24) is 4.90 Å². The number of carbonyl (C=O) groups excluding carboxylic acids is 1. The molecule has 1 amide bonds. The molecule has 1 saturated heterocycles. The summed E-state index contributed by atoms with van der Waals surface area (Å²) in [4.78, 5) is 24.7. The van der Waals surface area contributed by atoms with E-state index in [9.17, 15) is 9.59 Å². The number of likely N-dealkylation sites (tertiary alicyclic amines) is 1. The Balaban J connectivity index is 2.25. The maximum absolute atomic E-state index is 12.2. The summed E-state index contributed by atoms with van der Waals surface area (Å²) in [6.07, 6.45) is 1.27. The van der Waals surface area contributed by atoms with Crippen molar-refractivity contribution in [2.24, 2.45) is 0 Å². The first-order valence-corrected chi connectivity index (χ1v) is 7.39. The van der Waals surface area contributed by atoms with Gasteiger partial charge in [-0.1, -0.05) is 0 Å². The first-order valence-electron chi connectivity index (χ1n) is 4.99. The average molecular weight is 383 g/mol. The molecule has 0 spiro atoms. The maximum atomic E-state index is 12.2. The molecule has 1 aromatic rings. The number of halogens is 2. The van der Waals surface area contributed by atoms with E-state index in [4.69, 9.17) is 5.11 Å². The number of nitrogens with zero attached hydrogens (tertiary/aromatic N) is 1. The van der Waals surface area contributed by atoms with E-state index < -0.39 is 12.0 Å². The van der Waals surface area contributed by atoms with Gasteiger partial charge in [0.1, 0.15) is 6.04 Å². The lowest BCUT2D eigenvalue weighted by molar-refractivity contribution is -0.141. The number of aliphatic carboxylic acids is 1. The van der Waals surface area contributed by atoms with Gasteiger partial charge in [0.15, 0.2) is 0 Å². The number of thiophene rings is 1. The van der Waals surface area contributed by atoms with Crippen LogP contribution in [0.5, 0.6) is 0 Å². The summed E-state index contributed by atoms with van der Waals surface area (Å²) in [6, 6.07) is 1.03. The van der Waals surface area contributed by atoms with Crippen LogP contribution in [0, 0.1) is 0 Å². The fourth-order valence-corrected chi connectivity index (χ4v) is 4.68. The SMILES string of the molecule is O=C(O)C1CCCN1C(=O)c1cc(Br)sc1Br. The van der Waals surface area contributed by atoms with Crippen LogP contribution in [-0.2, 0) is 4.79 Å². The Morgan fingerprint density at radius 2 is 2.18 bits per heavy atom. The predicted octanol–water partition coefficient (Wildman–Crippen LogP) is 2.96. The third-order valence-corrected chi connectivity index (χ3v) is 5.03. The minimum atomic E-state index is -0.929. The molecular formula is C10H9Br2NO3S. The Morgan fingerprint density at radius 1 is 1.47 bits per heavy atom. The van der Waals surface area contributed by atoms with Crippen molar-refractivity contribution in [3.63, 3.8) is 0 Å². The monoisotopic (exact) mass is 381 g/mol. The topological polar surface area (TPSA) is 57.6 Å². The standard InChI is InChI=1S/C10H9Br2NO3S/c11-7-4-5(8(12)17-7)9(14)13-3-1-2-6(13)10(15)16/h4,6H,1-3H2,(H,15,16). The molecule has 1 unspecified atom stereocenters. The van der Waals surface area contributed by atoms with Gasteiger partial charge in [-0.25, -0.2) is 4.79 Å². The van der Waals surface area contributed by atoms with Crippen molar-refractivity contribution in [1.29, 1.82) is 0 Å². The van der Waals surface area contributed by atoms with E-state index in [-0.39, 0.29) is 5.91 Å². The van der Waals surface area contributed by atoms with E-state index >= 15 is 0 Å². The van der Waals surface area contributed by atoms with Crippen LogP contribution in [0.1, 0.15) is 23.2 Å². The van der Waals surface area contributed by atoms with Crippen molar-refractivity contribution in [2.45, 2.75) is 18.9 Å². The van der Waals surface area contributed by atoms with Gasteiger partial charge >= 0.3 is 5.97 Å². The quantitative estimate of drug-likeness (QED) is 0.855. The van der Waals surface area contributed by atoms with Gasteiger partial charge < -0.3 is 10.0 Å². The highest BCUT2D eigenvalue weighted by Gasteiger charge is 2.35. The van der Waals surface area contributed by atoms with Gasteiger partial charge in [-0.2, -0.15) is 0 Å². The second kappa shape index (κ2) is 5.07. The number of rotatable bonds is 2. The zero-order chi connectivity index (χ0) is 12.6. The summed E-state index contributed by atoms with van der Waals surface area (Å²) in [7, 11) is 0. The maximum Gasteiger partial charge on any atom is 0.326 e. The summed E-state index contributed by atoms with van der Waals surface area (Å²) >= 11 is 8.03. The second-order valence-electron chi connectivity index (χ2n) is 3.73. The molecule has 1 aliphatic heterocycles. The van der Waals surface area contributed by atoms with E-state index in [2.05, 4.69) is 31.9 Å². The molecule has 1 aliphatic rings. The molecule has 1 fully saturated rings. The van der Waals surface area contributed by atoms with E-state index in [0.717, 1.165) is 14.0 Å². The molecule has 4 nitrogen and oxygen atoms in total. The number of hydrogen-bond acceptors (Lipinski definition) is 3. The minimum absolute atomic E-state index is 0.219. The first-order chi connectivity index (χ1) is 8.00. The molecule has 1 aromatic heterocycles. The number of hydrogen-bond donors (Lipinski definition) is 1. The molecule has 92 valence electrons. The summed E-state index contributed by atoms with van der Waals surface area (Å²) in [6.45, 7) is 0.510. The number of amides is 1. The predicted molar refractivity (Wildman–Crippen MR) is 71.4 cm³/mol. The Kier molecular flexibility index (Phi) is 3.89. The molecule has 0 bridgehead atoms. The first kappa shape index (κ1) is 13.0. The van der Waals surface area contributed by atoms with Crippen molar-refractivity contribution in [3.8, 4) is 0 Å². The van der Waals surface area contributed by atoms with Crippen LogP contribution in [-0.4, -0.2) is 34.5 Å². The lowest BCUT2D eigenvalue weighted by Gasteiger charge is -2.20. The van der Waals surface area contributed by atoms with Gasteiger partial charge in [-0.15, -0.1) is 11.3 Å². The fraction of sp³-hybridized carbons (Fsp3) is 0.400. The van der Waals surface area contributed by atoms with E-state index in [1.54, 1.807) is 6.07 Å². The van der Waals surface area contributed by atoms with Crippen molar-refractivity contribution in [2.75, 3.05) is 6.54 Å². The molecule has 2 rings (SSSR count). The van der Waals surface area contributed by atoms with Gasteiger partial charge in [-0.3, -0.25) is 4.79 Å². The smallest absolute Gasteiger partial charge is 0.326 e. The van der Waals surface area contributed by atoms with E-state index in [1.165, 1.54) is 16.2 Å². The van der Waals surface area contributed by atoms with Crippen LogP contribution in [0.25, 0.3) is 0 Å². The highest BCUT2D eigenvalue weighted by molar-refractivity contribution is 9.12. The van der Waals surface area contributed by atoms with E-state index in [0.29, 0.717) is 18.5 Å². The lowest BCUT2D eigenvalue weighted by atomic mass is 10.2. The van der Waals surface area contributed by atoms with Crippen LogP contribution < -0.4 is 0 Å². The largest absolute Gasteiger partial charge is 0.480 e. The Morgan fingerprint density at radius 3 is 2.71 bits per heavy atom. The van der Waals surface area contributed by atoms with Crippen LogP contribution in [0.2, 0.25) is 0 Å². The molecule has 2 heterocycles. The van der Waals surface area contributed by atoms with Crippen molar-refractivity contribution >= 4 is 55.1 Å². The van der Waals surface area contributed by atoms with Crippen molar-refractivity contribution in [3.05, 3.63) is 19.2 Å². The van der Waals surface area contributed by atoms with Crippen LogP contribution in [0.15, 0.2) is 13.6 Å². The van der Waals surface area contributed by atoms with E-state index in [1.807, 2.05) is 0 Å². The highest BCUT2D eigenvalue weighted by Crippen LogP contribution is 2.33. The third-order valence-electron chi connectivity index (χ3n) is 2.69. The Bertz CT molecular complexity index is 474. The third kappa shape index (κ3) is 2.56. The molecule has 0 aliphatic carbocycles. The second-order valence-corrected chi connectivity index (χ2v) is 7.48. The molecule has 0 radical (unpaired) electrons. The molecule has 1 N–H and O–H groups in total. The zero-order valence-corrected chi connectivity index (χ0v) is 12.6. The number of carboxylic acid groups (broad SMARTS) is 1. The lowest BCUT2D eigenvalue weighted by Crippen LogP contribution is -2.40. The van der Waals surface area contributed by atoms with Crippen LogP contribution >= 0.6 is 43.2 Å². The highest BCUT2D eigenvalue weighted by atomic mass is 79.9. The Labute approximate surface area is 119 Å². The molecule has 0 aromatic carbocycles. The van der Waals surface area contributed by atoms with Crippen LogP contribution in [0.3, 0.4) is 0 Å². The fourth-order valence-electron chi connectivity index (χ4n) is 1.91. The van der Waals surface area contributed by atoms with Gasteiger partial charge in [0.05, 0.1) is 13.1 Å². The molecular weight excluding hydrogens is 374 g/mol. The molecule has 7 heteroatoms. The molecule has 0 saturated carbocycles.